The first kappa shape index (κ1) is 18.0. The summed E-state index contributed by atoms with van der Waals surface area (Å²) >= 11 is 5.79. The second-order valence-corrected chi connectivity index (χ2v) is 6.14. The van der Waals surface area contributed by atoms with E-state index in [9.17, 15) is 9.59 Å². The van der Waals surface area contributed by atoms with E-state index in [1.807, 2.05) is 13.8 Å². The molecule has 128 valence electrons. The number of carbonyl (C=O) groups is 2. The van der Waals surface area contributed by atoms with Gasteiger partial charge in [-0.1, -0.05) is 30.6 Å². The second-order valence-electron chi connectivity index (χ2n) is 5.71. The number of aryl methyl sites for hydroxylation is 1. The van der Waals surface area contributed by atoms with Crippen molar-refractivity contribution in [3.63, 3.8) is 0 Å². The third-order valence-electron chi connectivity index (χ3n) is 3.38. The number of esters is 1. The van der Waals surface area contributed by atoms with E-state index in [0.29, 0.717) is 22.2 Å². The number of nitrogens with one attached hydrogen (secondary N) is 1. The standard InChI is InChI=1S/C17H19ClN2O4/c1-9(2)15-14(10(3)20-24-15)17(22)23-11(4)16(21)19-13-7-5-12(18)6-8-13/h5-9,11H,1-4H3,(H,19,21)/t11-/m0/s1. The number of ether oxygens (including phenoxy) is 1. The van der Waals surface area contributed by atoms with E-state index < -0.39 is 18.0 Å². The van der Waals surface area contributed by atoms with E-state index in [-0.39, 0.29) is 11.5 Å². The summed E-state index contributed by atoms with van der Waals surface area (Å²) in [6.07, 6.45) is -0.970. The van der Waals surface area contributed by atoms with Crippen LogP contribution in [-0.4, -0.2) is 23.1 Å². The van der Waals surface area contributed by atoms with Crippen LogP contribution in [0, 0.1) is 6.92 Å². The van der Waals surface area contributed by atoms with Crippen molar-refractivity contribution in [2.45, 2.75) is 39.7 Å². The Kier molecular flexibility index (Phi) is 5.62. The molecule has 2 rings (SSSR count). The quantitative estimate of drug-likeness (QED) is 0.826. The number of hydrogen-bond acceptors (Lipinski definition) is 5. The number of amides is 1. The van der Waals surface area contributed by atoms with Gasteiger partial charge in [0.05, 0.1) is 5.69 Å². The summed E-state index contributed by atoms with van der Waals surface area (Å²) in [5, 5.41) is 7.02. The topological polar surface area (TPSA) is 81.4 Å². The lowest BCUT2D eigenvalue weighted by Gasteiger charge is -2.14. The van der Waals surface area contributed by atoms with Gasteiger partial charge in [0, 0.05) is 16.6 Å². The molecule has 0 saturated heterocycles. The summed E-state index contributed by atoms with van der Waals surface area (Å²) in [5.41, 5.74) is 1.28. The SMILES string of the molecule is Cc1noc(C(C)C)c1C(=O)O[C@@H](C)C(=O)Nc1ccc(Cl)cc1. The van der Waals surface area contributed by atoms with Gasteiger partial charge < -0.3 is 14.6 Å². The van der Waals surface area contributed by atoms with E-state index in [4.69, 9.17) is 20.9 Å². The smallest absolute Gasteiger partial charge is 0.344 e. The Morgan fingerprint density at radius 1 is 1.21 bits per heavy atom. The lowest BCUT2D eigenvalue weighted by atomic mass is 10.1. The molecule has 2 aromatic rings. The molecule has 0 saturated carbocycles. The van der Waals surface area contributed by atoms with Crippen LogP contribution in [0.5, 0.6) is 0 Å². The zero-order chi connectivity index (χ0) is 17.9. The van der Waals surface area contributed by atoms with E-state index in [1.54, 1.807) is 31.2 Å². The van der Waals surface area contributed by atoms with Crippen molar-refractivity contribution in [1.82, 2.24) is 5.16 Å². The van der Waals surface area contributed by atoms with Crippen molar-refractivity contribution >= 4 is 29.2 Å². The van der Waals surface area contributed by atoms with E-state index in [0.717, 1.165) is 0 Å². The molecule has 1 heterocycles. The van der Waals surface area contributed by atoms with Gasteiger partial charge in [-0.2, -0.15) is 0 Å². The minimum absolute atomic E-state index is 0.0213. The van der Waals surface area contributed by atoms with Gasteiger partial charge in [-0.15, -0.1) is 0 Å². The molecule has 1 aromatic carbocycles. The van der Waals surface area contributed by atoms with E-state index in [2.05, 4.69) is 10.5 Å². The van der Waals surface area contributed by atoms with E-state index in [1.165, 1.54) is 6.92 Å². The van der Waals surface area contributed by atoms with Crippen LogP contribution in [0.3, 0.4) is 0 Å². The largest absolute Gasteiger partial charge is 0.449 e. The number of rotatable bonds is 5. The van der Waals surface area contributed by atoms with Crippen LogP contribution in [0.4, 0.5) is 5.69 Å². The van der Waals surface area contributed by atoms with E-state index >= 15 is 0 Å². The van der Waals surface area contributed by atoms with Gasteiger partial charge in [-0.3, -0.25) is 4.79 Å². The summed E-state index contributed by atoms with van der Waals surface area (Å²) in [7, 11) is 0. The fourth-order valence-corrected chi connectivity index (χ4v) is 2.21. The Bertz CT molecular complexity index is 738. The van der Waals surface area contributed by atoms with Gasteiger partial charge in [-0.05, 0) is 38.1 Å². The molecule has 0 spiro atoms. The number of carbonyl (C=O) groups excluding carboxylic acids is 2. The fraction of sp³-hybridized carbons (Fsp3) is 0.353. The number of benzene rings is 1. The van der Waals surface area contributed by atoms with Crippen LogP contribution in [0.25, 0.3) is 0 Å². The predicted molar refractivity (Wildman–Crippen MR) is 90.3 cm³/mol. The Morgan fingerprint density at radius 3 is 2.42 bits per heavy atom. The first-order valence-electron chi connectivity index (χ1n) is 7.53. The van der Waals surface area contributed by atoms with Crippen LogP contribution < -0.4 is 5.32 Å². The highest BCUT2D eigenvalue weighted by Gasteiger charge is 2.27. The van der Waals surface area contributed by atoms with Crippen LogP contribution in [0.2, 0.25) is 5.02 Å². The first-order chi connectivity index (χ1) is 11.3. The molecule has 0 unspecified atom stereocenters. The van der Waals surface area contributed by atoms with Crippen molar-refractivity contribution in [1.29, 1.82) is 0 Å². The summed E-state index contributed by atoms with van der Waals surface area (Å²) in [4.78, 5) is 24.5. The molecule has 7 heteroatoms. The van der Waals surface area contributed by atoms with Gasteiger partial charge in [0.2, 0.25) is 0 Å². The van der Waals surface area contributed by atoms with Crippen LogP contribution >= 0.6 is 11.6 Å². The van der Waals surface area contributed by atoms with Gasteiger partial charge in [0.25, 0.3) is 5.91 Å². The summed E-state index contributed by atoms with van der Waals surface area (Å²) in [5.74, 6) is -0.642. The number of nitrogens with zero attached hydrogens (tertiary/aromatic N) is 1. The van der Waals surface area contributed by atoms with Crippen molar-refractivity contribution in [3.8, 4) is 0 Å². The predicted octanol–water partition coefficient (Wildman–Crippen LogP) is 3.94. The lowest BCUT2D eigenvalue weighted by molar-refractivity contribution is -0.123. The molecule has 24 heavy (non-hydrogen) atoms. The Balaban J connectivity index is 2.04. The van der Waals surface area contributed by atoms with Gasteiger partial charge in [-0.25, -0.2) is 4.79 Å². The highest BCUT2D eigenvalue weighted by atomic mass is 35.5. The summed E-state index contributed by atoms with van der Waals surface area (Å²) < 4.78 is 10.4. The highest BCUT2D eigenvalue weighted by Crippen LogP contribution is 2.23. The molecular formula is C17H19ClN2O4. The average Bonchev–Trinajstić information content (AvgIpc) is 2.91. The maximum atomic E-state index is 12.3. The van der Waals surface area contributed by atoms with Gasteiger partial charge in [0.15, 0.2) is 11.9 Å². The first-order valence-corrected chi connectivity index (χ1v) is 7.91. The Hall–Kier alpha value is -2.34. The maximum absolute atomic E-state index is 12.3. The molecule has 0 aliphatic heterocycles. The molecular weight excluding hydrogens is 332 g/mol. The molecule has 0 aliphatic rings. The Morgan fingerprint density at radius 2 is 1.83 bits per heavy atom. The fourth-order valence-electron chi connectivity index (χ4n) is 2.08. The van der Waals surface area contributed by atoms with Crippen molar-refractivity contribution < 1.29 is 18.8 Å². The number of anilines is 1. The van der Waals surface area contributed by atoms with Crippen LogP contribution in [0.1, 0.15) is 48.5 Å². The molecule has 1 amide bonds. The molecule has 0 fully saturated rings. The lowest BCUT2D eigenvalue weighted by Crippen LogP contribution is -2.30. The number of aromatic nitrogens is 1. The van der Waals surface area contributed by atoms with Gasteiger partial charge in [0.1, 0.15) is 5.56 Å². The summed E-state index contributed by atoms with van der Waals surface area (Å²) in [6.45, 7) is 6.92. The van der Waals surface area contributed by atoms with Crippen molar-refractivity contribution in [2.24, 2.45) is 0 Å². The molecule has 1 aromatic heterocycles. The molecule has 0 radical (unpaired) electrons. The van der Waals surface area contributed by atoms with Crippen molar-refractivity contribution in [2.75, 3.05) is 5.32 Å². The molecule has 6 nitrogen and oxygen atoms in total. The normalized spacial score (nSPS) is 12.1. The summed E-state index contributed by atoms with van der Waals surface area (Å²) in [6, 6.07) is 6.64. The molecule has 0 bridgehead atoms. The van der Waals surface area contributed by atoms with Crippen LogP contribution in [0.15, 0.2) is 28.8 Å². The minimum atomic E-state index is -0.970. The maximum Gasteiger partial charge on any atom is 0.344 e. The molecule has 1 atom stereocenters. The second kappa shape index (κ2) is 7.49. The minimum Gasteiger partial charge on any atom is -0.449 e. The molecule has 0 aliphatic carbocycles. The zero-order valence-corrected chi connectivity index (χ0v) is 14.7. The van der Waals surface area contributed by atoms with Gasteiger partial charge >= 0.3 is 5.97 Å². The Labute approximate surface area is 145 Å². The average molecular weight is 351 g/mol. The number of halogens is 1. The zero-order valence-electron chi connectivity index (χ0n) is 13.9. The van der Waals surface area contributed by atoms with Crippen LogP contribution in [-0.2, 0) is 9.53 Å². The monoisotopic (exact) mass is 350 g/mol. The van der Waals surface area contributed by atoms with Crippen molar-refractivity contribution in [3.05, 3.63) is 46.3 Å². The molecule has 1 N–H and O–H groups in total. The highest BCUT2D eigenvalue weighted by molar-refractivity contribution is 6.30. The number of hydrogen-bond donors (Lipinski definition) is 1. The third-order valence-corrected chi connectivity index (χ3v) is 3.63. The third kappa shape index (κ3) is 4.14.